The van der Waals surface area contributed by atoms with E-state index in [0.29, 0.717) is 22.3 Å². The molecule has 2 heterocycles. The van der Waals surface area contributed by atoms with Crippen LogP contribution in [0.5, 0.6) is 0 Å². The minimum absolute atomic E-state index is 0.334. The van der Waals surface area contributed by atoms with Crippen molar-refractivity contribution in [1.29, 1.82) is 10.5 Å². The largest absolute Gasteiger partial charge is 0.468 e. The van der Waals surface area contributed by atoms with Crippen LogP contribution in [-0.2, 0) is 38.7 Å². The highest BCUT2D eigenvalue weighted by atomic mass is 32.2. The van der Waals surface area contributed by atoms with Crippen LogP contribution in [0.1, 0.15) is 57.1 Å². The number of ether oxygens (including phenoxy) is 2. The van der Waals surface area contributed by atoms with Crippen LogP contribution in [0.25, 0.3) is 0 Å². The van der Waals surface area contributed by atoms with Gasteiger partial charge in [0.1, 0.15) is 0 Å². The van der Waals surface area contributed by atoms with E-state index in [9.17, 15) is 36.9 Å². The van der Waals surface area contributed by atoms with Crippen molar-refractivity contribution < 1.29 is 35.9 Å². The van der Waals surface area contributed by atoms with Gasteiger partial charge in [0.15, 0.2) is 30.5 Å². The Morgan fingerprint density at radius 1 is 0.562 bits per heavy atom. The average Bonchev–Trinajstić information content (AvgIpc) is 3.07. The molecular weight excluding hydrogens is 653 g/mol. The summed E-state index contributed by atoms with van der Waals surface area (Å²) in [5.74, 6) is -7.98. The summed E-state index contributed by atoms with van der Waals surface area (Å²) in [7, 11) is -5.25. The lowest BCUT2D eigenvalue weighted by Crippen LogP contribution is -2.51. The zero-order chi connectivity index (χ0) is 35.1. The minimum atomic E-state index is -3.78. The third-order valence-corrected chi connectivity index (χ3v) is 13.4. The van der Waals surface area contributed by atoms with E-state index in [0.717, 1.165) is 25.3 Å². The smallest absolute Gasteiger partial charge is 0.327 e. The first kappa shape index (κ1) is 34.8. The van der Waals surface area contributed by atoms with E-state index in [1.807, 2.05) is 13.8 Å². The number of methoxy groups -OCH3 is 2. The van der Waals surface area contributed by atoms with E-state index in [-0.39, 0.29) is 0 Å². The number of carbonyl (C=O) groups excluding carboxylic acids is 2. The fourth-order valence-electron chi connectivity index (χ4n) is 7.47. The highest BCUT2D eigenvalue weighted by Gasteiger charge is 2.61. The Morgan fingerprint density at radius 3 is 1.00 bits per heavy atom. The number of rotatable bonds is 6. The van der Waals surface area contributed by atoms with Gasteiger partial charge in [-0.2, -0.15) is 10.5 Å². The van der Waals surface area contributed by atoms with Gasteiger partial charge in [0, 0.05) is 23.7 Å². The predicted molar refractivity (Wildman–Crippen MR) is 177 cm³/mol. The molecule has 250 valence electrons. The van der Waals surface area contributed by atoms with Crippen LogP contribution >= 0.6 is 0 Å². The van der Waals surface area contributed by atoms with Crippen LogP contribution in [-0.4, -0.2) is 66.0 Å². The summed E-state index contributed by atoms with van der Waals surface area (Å²) < 4.78 is 63.9. The molecule has 0 N–H and O–H groups in total. The number of nitriles is 2. The fraction of sp³-hybridized carbons (Fsp3) is 0.389. The molecule has 2 fully saturated rings. The maximum absolute atomic E-state index is 13.6. The Hall–Kier alpha value is -4.52. The minimum Gasteiger partial charge on any atom is -0.468 e. The van der Waals surface area contributed by atoms with E-state index in [1.165, 1.54) is 24.3 Å². The third-order valence-electron chi connectivity index (χ3n) is 10.00. The molecule has 2 saturated heterocycles. The van der Waals surface area contributed by atoms with Gasteiger partial charge in [-0.25, -0.2) is 16.8 Å². The third kappa shape index (κ3) is 5.88. The van der Waals surface area contributed by atoms with Crippen molar-refractivity contribution in [2.24, 2.45) is 10.8 Å². The summed E-state index contributed by atoms with van der Waals surface area (Å²) in [6.45, 7) is 3.73. The van der Waals surface area contributed by atoms with Crippen molar-refractivity contribution in [2.75, 3.05) is 37.2 Å². The number of benzene rings is 3. The Bertz CT molecular complexity index is 1880. The molecule has 2 aliphatic rings. The van der Waals surface area contributed by atoms with Gasteiger partial charge in [-0.3, -0.25) is 9.59 Å². The molecule has 0 aliphatic carbocycles. The van der Waals surface area contributed by atoms with Crippen molar-refractivity contribution in [3.05, 3.63) is 106 Å². The molecule has 0 aromatic heterocycles. The average molecular weight is 689 g/mol. The molecule has 10 nitrogen and oxygen atoms in total. The standard InChI is InChI=1S/C36H36N2O8S2/c1-23-5-9-25(10-6-23)29-17-47(41,42)19-31(35(29,21-37)33(39)45-3)27-13-15-28(16-14-27)32-20-48(43,44)18-30(26-11-7-24(2)8-12-26)36(32,22-38)34(40)46-4/h5-16,29-32H,17-20H2,1-4H3. The fourth-order valence-corrected chi connectivity index (χ4v) is 11.6. The first-order chi connectivity index (χ1) is 22.7. The number of hydrogen-bond acceptors (Lipinski definition) is 10. The van der Waals surface area contributed by atoms with Crippen molar-refractivity contribution in [1.82, 2.24) is 0 Å². The number of hydrogen-bond donors (Lipinski definition) is 0. The zero-order valence-electron chi connectivity index (χ0n) is 27.0. The van der Waals surface area contributed by atoms with E-state index in [2.05, 4.69) is 12.1 Å². The molecule has 0 saturated carbocycles. The molecule has 0 spiro atoms. The summed E-state index contributed by atoms with van der Waals surface area (Å²) in [5.41, 5.74) is -0.318. The Balaban J connectivity index is 1.66. The van der Waals surface area contributed by atoms with Gasteiger partial charge >= 0.3 is 11.9 Å². The van der Waals surface area contributed by atoms with E-state index >= 15 is 0 Å². The Kier molecular flexibility index (Phi) is 9.30. The van der Waals surface area contributed by atoms with Crippen molar-refractivity contribution in [3.63, 3.8) is 0 Å². The Morgan fingerprint density at radius 2 is 0.792 bits per heavy atom. The van der Waals surface area contributed by atoms with Crippen LogP contribution in [0.2, 0.25) is 0 Å². The molecule has 5 rings (SSSR count). The zero-order valence-corrected chi connectivity index (χ0v) is 28.7. The van der Waals surface area contributed by atoms with E-state index in [4.69, 9.17) is 9.47 Å². The first-order valence-corrected chi connectivity index (χ1v) is 19.0. The molecule has 48 heavy (non-hydrogen) atoms. The van der Waals surface area contributed by atoms with Crippen molar-refractivity contribution >= 4 is 31.6 Å². The monoisotopic (exact) mass is 688 g/mol. The maximum atomic E-state index is 13.6. The highest BCUT2D eigenvalue weighted by molar-refractivity contribution is 7.91. The molecular formula is C36H36N2O8S2. The predicted octanol–water partition coefficient (Wildman–Crippen LogP) is 4.26. The summed E-state index contributed by atoms with van der Waals surface area (Å²) >= 11 is 0. The van der Waals surface area contributed by atoms with E-state index < -0.39 is 89.1 Å². The van der Waals surface area contributed by atoms with Gasteiger partial charge in [0.2, 0.25) is 0 Å². The first-order valence-electron chi connectivity index (χ1n) is 15.3. The lowest BCUT2D eigenvalue weighted by Gasteiger charge is -2.43. The van der Waals surface area contributed by atoms with Crippen LogP contribution in [0, 0.1) is 47.3 Å². The second-order valence-corrected chi connectivity index (χ2v) is 17.1. The van der Waals surface area contributed by atoms with Crippen LogP contribution in [0.4, 0.5) is 0 Å². The normalized spacial score (nSPS) is 29.0. The van der Waals surface area contributed by atoms with Gasteiger partial charge in [-0.1, -0.05) is 83.9 Å². The van der Waals surface area contributed by atoms with Gasteiger partial charge in [-0.05, 0) is 36.1 Å². The van der Waals surface area contributed by atoms with Crippen LogP contribution in [0.3, 0.4) is 0 Å². The molecule has 6 unspecified atom stereocenters. The number of sulfone groups is 2. The quantitative estimate of drug-likeness (QED) is 0.341. The molecule has 3 aromatic carbocycles. The molecule has 0 bridgehead atoms. The molecule has 0 radical (unpaired) electrons. The Labute approximate surface area is 281 Å². The molecule has 12 heteroatoms. The lowest BCUT2D eigenvalue weighted by molar-refractivity contribution is -0.152. The molecule has 6 atom stereocenters. The molecule has 2 aliphatic heterocycles. The van der Waals surface area contributed by atoms with E-state index in [1.54, 1.807) is 48.5 Å². The van der Waals surface area contributed by atoms with Crippen LogP contribution in [0.15, 0.2) is 72.8 Å². The summed E-state index contributed by atoms with van der Waals surface area (Å²) in [6.07, 6.45) is 0. The van der Waals surface area contributed by atoms with Gasteiger partial charge in [0.25, 0.3) is 0 Å². The maximum Gasteiger partial charge on any atom is 0.327 e. The van der Waals surface area contributed by atoms with Gasteiger partial charge < -0.3 is 9.47 Å². The van der Waals surface area contributed by atoms with Crippen molar-refractivity contribution in [3.8, 4) is 12.1 Å². The van der Waals surface area contributed by atoms with Crippen molar-refractivity contribution in [2.45, 2.75) is 37.5 Å². The summed E-state index contributed by atoms with van der Waals surface area (Å²) in [6, 6.07) is 24.4. The summed E-state index contributed by atoms with van der Waals surface area (Å²) in [4.78, 5) is 27.2. The van der Waals surface area contributed by atoms with Gasteiger partial charge in [-0.15, -0.1) is 0 Å². The number of nitrogens with zero attached hydrogens (tertiary/aromatic N) is 2. The number of esters is 2. The van der Waals surface area contributed by atoms with Crippen LogP contribution < -0.4 is 0 Å². The number of carbonyl (C=O) groups is 2. The van der Waals surface area contributed by atoms with Gasteiger partial charge in [0.05, 0.1) is 49.4 Å². The SMILES string of the molecule is COC(=O)C1(C#N)C(c2ccc(C)cc2)CS(=O)(=O)CC1c1ccc(C2CS(=O)(=O)CC(c3ccc(C)cc3)C2(C#N)C(=O)OC)cc1. The number of aryl methyl sites for hydroxylation is 2. The lowest BCUT2D eigenvalue weighted by atomic mass is 9.62. The highest BCUT2D eigenvalue weighted by Crippen LogP contribution is 2.55. The molecule has 0 amide bonds. The topological polar surface area (TPSA) is 168 Å². The second kappa shape index (κ2) is 12.8. The molecule has 3 aromatic rings. The second-order valence-electron chi connectivity index (χ2n) is 12.8. The summed E-state index contributed by atoms with van der Waals surface area (Å²) in [5, 5.41) is 21.4.